The molecule has 0 saturated heterocycles. The molecule has 0 bridgehead atoms. The summed E-state index contributed by atoms with van der Waals surface area (Å²) in [6.07, 6.45) is 0. The normalized spacial score (nSPS) is 4.55. The van der Waals surface area contributed by atoms with Gasteiger partial charge >= 0.3 is 10.2 Å². The Bertz CT molecular complexity index is 98.1. The van der Waals surface area contributed by atoms with Crippen molar-refractivity contribution in [2.75, 3.05) is 0 Å². The molecule has 2 N–H and O–H groups in total. The number of nitrogens with zero attached hydrogens (tertiary/aromatic N) is 3. The van der Waals surface area contributed by atoms with Gasteiger partial charge in [-0.2, -0.15) is 0 Å². The molecule has 0 aliphatic rings. The first-order valence-electron chi connectivity index (χ1n) is 1.31. The van der Waals surface area contributed by atoms with Crippen LogP contribution in [0.1, 0.15) is 0 Å². The van der Waals surface area contributed by atoms with E-state index < -0.39 is 10.2 Å². The van der Waals surface area contributed by atoms with Crippen molar-refractivity contribution < 1.29 is 44.8 Å². The molecule has 0 saturated carbocycles. The maximum atomic E-state index is 8.36. The van der Waals surface area contributed by atoms with Crippen LogP contribution in [0, 0.1) is 25.7 Å². The molecule has 10 nitrogen and oxygen atoms in total. The molecular weight excluding hydrogens is 257 g/mol. The Morgan fingerprint density at radius 3 is 1.09 bits per heavy atom. The van der Waals surface area contributed by atoms with Gasteiger partial charge in [0.25, 0.3) is 10.2 Å². The summed E-state index contributed by atoms with van der Waals surface area (Å²) in [4.78, 5) is 16.7. The first-order valence-corrected chi connectivity index (χ1v) is 1.31. The summed E-state index contributed by atoms with van der Waals surface area (Å²) in [7, 11) is 0. The molecule has 0 atom stereocenters. The maximum absolute atomic E-state index is 8.36. The van der Waals surface area contributed by atoms with E-state index in [-0.39, 0.29) is 19.5 Å². The molecule has 0 aliphatic carbocycles. The maximum Gasteiger partial charge on any atom is 0.291 e. The Morgan fingerprint density at radius 1 is 1.09 bits per heavy atom. The van der Waals surface area contributed by atoms with Gasteiger partial charge in [0.15, 0.2) is 0 Å². The predicted octanol–water partition coefficient (Wildman–Crippen LogP) is -0.802. The van der Waals surface area contributed by atoms with Gasteiger partial charge in [-0.15, -0.1) is 20.2 Å². The van der Waals surface area contributed by atoms with Gasteiger partial charge in [0, 0.05) is 19.5 Å². The molecule has 11 heteroatoms. The fourth-order valence-electron chi connectivity index (χ4n) is 0. The second kappa shape index (κ2) is 23.4. The van der Waals surface area contributed by atoms with Crippen LogP contribution in [-0.4, -0.2) is 20.6 Å². The molecule has 0 unspecified atom stereocenters. The summed E-state index contributed by atoms with van der Waals surface area (Å²) in [6, 6.07) is 0. The topological polar surface area (TPSA) is 170 Å². The van der Waals surface area contributed by atoms with Crippen LogP contribution in [0.5, 0.6) is 0 Å². The minimum absolute atomic E-state index is 0. The van der Waals surface area contributed by atoms with Gasteiger partial charge in [0.05, 0.1) is 0 Å². The van der Waals surface area contributed by atoms with E-state index in [1.54, 1.807) is 0 Å². The Kier molecular flexibility index (Phi) is 48.0. The van der Waals surface area contributed by atoms with E-state index >= 15 is 0 Å². The van der Waals surface area contributed by atoms with E-state index in [0.717, 1.165) is 0 Å². The molecule has 1 radical (unpaired) electrons. The average Bonchev–Trinajstić information content (AvgIpc) is 1.66. The largest absolute Gasteiger partial charge is 0.328 e. The second-order valence-corrected chi connectivity index (χ2v) is 0.476. The van der Waals surface area contributed by atoms with Crippen molar-refractivity contribution in [1.29, 1.82) is 5.46 Å². The molecular formula is H2N3O7Rh+. The van der Waals surface area contributed by atoms with Gasteiger partial charge in [0.1, 0.15) is 0 Å². The zero-order valence-electron chi connectivity index (χ0n) is 4.61. The Balaban J connectivity index is -0.0000000339. The van der Waals surface area contributed by atoms with Crippen molar-refractivity contribution in [3.63, 3.8) is 0 Å². The fourth-order valence-corrected chi connectivity index (χ4v) is 0. The van der Waals surface area contributed by atoms with Crippen LogP contribution in [0.25, 0.3) is 0 Å². The van der Waals surface area contributed by atoms with Gasteiger partial charge in [-0.05, 0) is 0 Å². The zero-order chi connectivity index (χ0) is 9.15. The summed E-state index contributed by atoms with van der Waals surface area (Å²) < 4.78 is 7.25. The van der Waals surface area contributed by atoms with Crippen molar-refractivity contribution in [1.82, 2.24) is 0 Å². The van der Waals surface area contributed by atoms with Crippen molar-refractivity contribution in [3.05, 3.63) is 20.2 Å². The van der Waals surface area contributed by atoms with Gasteiger partial charge in [0.2, 0.25) is 0 Å². The summed E-state index contributed by atoms with van der Waals surface area (Å²) in [6.45, 7) is 0. The van der Waals surface area contributed by atoms with Crippen molar-refractivity contribution >= 4 is 0 Å². The van der Waals surface area contributed by atoms with Crippen LogP contribution in [0.4, 0.5) is 0 Å². The number of hydrogen-bond acceptors (Lipinski definition) is 5. The van der Waals surface area contributed by atoms with Gasteiger partial charge in [-0.25, -0.2) is 0 Å². The first kappa shape index (κ1) is 22.6. The zero-order valence-corrected chi connectivity index (χ0v) is 6.25. The van der Waals surface area contributed by atoms with Gasteiger partial charge in [-0.1, -0.05) is 0 Å². The second-order valence-electron chi connectivity index (χ2n) is 0.476. The van der Waals surface area contributed by atoms with E-state index in [1.807, 2.05) is 0 Å². The van der Waals surface area contributed by atoms with Gasteiger partial charge < -0.3 is 10.4 Å². The van der Waals surface area contributed by atoms with E-state index in [1.165, 1.54) is 0 Å². The fraction of sp³-hybridized carbons (Fsp3) is 0. The summed E-state index contributed by atoms with van der Waals surface area (Å²) in [5.74, 6) is 0. The van der Waals surface area contributed by atoms with Crippen LogP contribution >= 0.6 is 0 Å². The molecule has 0 aromatic heterocycles. The molecule has 11 heavy (non-hydrogen) atoms. The van der Waals surface area contributed by atoms with Crippen LogP contribution < -0.4 is 0 Å². The van der Waals surface area contributed by atoms with Crippen molar-refractivity contribution in [2.45, 2.75) is 0 Å². The smallest absolute Gasteiger partial charge is 0.291 e. The van der Waals surface area contributed by atoms with Crippen LogP contribution in [0.15, 0.2) is 0 Å². The van der Waals surface area contributed by atoms with E-state index in [0.29, 0.717) is 0 Å². The van der Waals surface area contributed by atoms with Crippen LogP contribution in [0.2, 0.25) is 0 Å². The SMILES string of the molecule is N#[O+].O=[N+]([O-])O.O=[N+]([O-])O.[Rh]. The summed E-state index contributed by atoms with van der Waals surface area (Å²) in [5, 5.41) is 27.3. The third-order valence-corrected chi connectivity index (χ3v) is 0. The van der Waals surface area contributed by atoms with E-state index in [9.17, 15) is 0 Å². The minimum Gasteiger partial charge on any atom is -0.328 e. The summed E-state index contributed by atoms with van der Waals surface area (Å²) in [5.41, 5.74) is 5.75. The van der Waals surface area contributed by atoms with E-state index in [4.69, 9.17) is 40.9 Å². The minimum atomic E-state index is -1.50. The third kappa shape index (κ3) is 228. The van der Waals surface area contributed by atoms with Crippen LogP contribution in [-0.2, 0) is 24.3 Å². The standard InChI is InChI=1S/2HNO3.NO.Rh/c2*2-1(3)4;1-2;/h2*(H,2,3,4);;/q;;+1;. The number of hydrogen-bond donors (Lipinski definition) is 2. The summed E-state index contributed by atoms with van der Waals surface area (Å²) >= 11 is 0. The molecule has 0 aromatic rings. The Hall–Kier alpha value is -1.31. The monoisotopic (exact) mass is 259 g/mol. The van der Waals surface area contributed by atoms with Crippen molar-refractivity contribution in [3.8, 4) is 0 Å². The Labute approximate surface area is 71.3 Å². The quantitative estimate of drug-likeness (QED) is 0.248. The molecule has 0 heterocycles. The van der Waals surface area contributed by atoms with Crippen LogP contribution in [0.3, 0.4) is 0 Å². The third-order valence-electron chi connectivity index (χ3n) is 0. The molecule has 0 aromatic carbocycles. The average molecular weight is 259 g/mol. The molecule has 0 fully saturated rings. The molecule has 0 spiro atoms. The number of rotatable bonds is 0. The van der Waals surface area contributed by atoms with Gasteiger partial charge in [-0.3, -0.25) is 0 Å². The molecule has 0 amide bonds. The molecule has 0 aliphatic heterocycles. The molecule has 67 valence electrons. The molecule has 0 rings (SSSR count). The Morgan fingerprint density at radius 2 is 1.09 bits per heavy atom. The predicted molar refractivity (Wildman–Crippen MR) is 20.0 cm³/mol. The van der Waals surface area contributed by atoms with E-state index in [2.05, 4.69) is 0 Å². The first-order chi connectivity index (χ1) is 4.46. The van der Waals surface area contributed by atoms with Crippen molar-refractivity contribution in [2.24, 2.45) is 0 Å².